The molecule has 0 aromatic heterocycles. The highest BCUT2D eigenvalue weighted by Gasteiger charge is 2.19. The van der Waals surface area contributed by atoms with Crippen molar-refractivity contribution >= 4 is 17.9 Å². The van der Waals surface area contributed by atoms with Crippen LogP contribution in [0.25, 0.3) is 0 Å². The molecule has 0 aromatic carbocycles. The molecule has 0 aliphatic carbocycles. The molecule has 0 heterocycles. The van der Waals surface area contributed by atoms with Crippen LogP contribution in [0.2, 0.25) is 0 Å². The van der Waals surface area contributed by atoms with Crippen molar-refractivity contribution in [3.63, 3.8) is 0 Å². The second kappa shape index (κ2) is 57.4. The van der Waals surface area contributed by atoms with Gasteiger partial charge in [0.05, 0.1) is 0 Å². The van der Waals surface area contributed by atoms with E-state index in [4.69, 9.17) is 14.2 Å². The number of hydrogen-bond acceptors (Lipinski definition) is 6. The quantitative estimate of drug-likeness (QED) is 0.0262. The van der Waals surface area contributed by atoms with Crippen LogP contribution in [-0.4, -0.2) is 37.2 Å². The van der Waals surface area contributed by atoms with Gasteiger partial charge < -0.3 is 14.2 Å². The van der Waals surface area contributed by atoms with Crippen LogP contribution in [0.3, 0.4) is 0 Å². The minimum Gasteiger partial charge on any atom is -0.462 e. The third kappa shape index (κ3) is 55.6. The maximum atomic E-state index is 12.8. The number of hydrogen-bond donors (Lipinski definition) is 0. The molecule has 0 bridgehead atoms. The zero-order valence-electron chi connectivity index (χ0n) is 45.6. The first kappa shape index (κ1) is 65.8. The SMILES string of the molecule is CC/C=C\C/C=C\C/C=C\C/C=C\CCCCCCCCCCC(=O)OC(COC(=O)CCCCCCCCC)COC(=O)CCCCCCCCCCCCC/C=C\C/C=C\CCCCCCC. The van der Waals surface area contributed by atoms with E-state index in [1.54, 1.807) is 0 Å². The lowest BCUT2D eigenvalue weighted by Gasteiger charge is -2.18. The smallest absolute Gasteiger partial charge is 0.306 e. The van der Waals surface area contributed by atoms with Gasteiger partial charge in [-0.2, -0.15) is 0 Å². The van der Waals surface area contributed by atoms with E-state index in [0.29, 0.717) is 19.3 Å². The fourth-order valence-corrected chi connectivity index (χ4v) is 8.29. The molecule has 0 saturated carbocycles. The number of carbonyl (C=O) groups is 3. The van der Waals surface area contributed by atoms with E-state index in [-0.39, 0.29) is 31.1 Å². The number of ether oxygens (including phenoxy) is 3. The lowest BCUT2D eigenvalue weighted by molar-refractivity contribution is -0.167. The minimum atomic E-state index is -0.778. The molecule has 0 rings (SSSR count). The van der Waals surface area contributed by atoms with E-state index in [1.807, 2.05) is 0 Å². The number of carbonyl (C=O) groups excluding carboxylic acids is 3. The Balaban J connectivity index is 4.19. The zero-order chi connectivity index (χ0) is 50.0. The monoisotopic (exact) mass is 963 g/mol. The van der Waals surface area contributed by atoms with Gasteiger partial charge in [0.2, 0.25) is 0 Å². The molecule has 0 fully saturated rings. The molecule has 0 N–H and O–H groups in total. The second-order valence-electron chi connectivity index (χ2n) is 19.5. The van der Waals surface area contributed by atoms with Gasteiger partial charge in [0.1, 0.15) is 13.2 Å². The van der Waals surface area contributed by atoms with Gasteiger partial charge in [0, 0.05) is 19.3 Å². The molecule has 6 nitrogen and oxygen atoms in total. The van der Waals surface area contributed by atoms with Crippen molar-refractivity contribution in [1.29, 1.82) is 0 Å². The standard InChI is InChI=1S/C63H110O6/c1-4-7-10-13-16-18-20-22-24-26-28-30-31-33-34-36-38-40-42-44-47-50-53-56-62(65)68-59-60(58-67-61(64)55-52-49-46-15-12-9-6-3)69-63(66)57-54-51-48-45-43-41-39-37-35-32-29-27-25-23-21-19-17-14-11-8-5-2/h8,11,17,19-20,22-23,25-26,28-29,32,60H,4-7,9-10,12-16,18,21,24,27,30-31,33-59H2,1-3H3/b11-8-,19-17-,22-20-,25-23-,28-26-,32-29-. The molecule has 0 aliphatic rings. The fourth-order valence-electron chi connectivity index (χ4n) is 8.29. The summed E-state index contributed by atoms with van der Waals surface area (Å²) in [4.78, 5) is 38.0. The van der Waals surface area contributed by atoms with Crippen molar-refractivity contribution in [2.24, 2.45) is 0 Å². The summed E-state index contributed by atoms with van der Waals surface area (Å²) < 4.78 is 16.8. The molecule has 69 heavy (non-hydrogen) atoms. The normalized spacial score (nSPS) is 12.6. The van der Waals surface area contributed by atoms with Crippen molar-refractivity contribution in [1.82, 2.24) is 0 Å². The predicted molar refractivity (Wildman–Crippen MR) is 298 cm³/mol. The fraction of sp³-hybridized carbons (Fsp3) is 0.762. The summed E-state index contributed by atoms with van der Waals surface area (Å²) in [6.07, 6.45) is 73.4. The lowest BCUT2D eigenvalue weighted by Crippen LogP contribution is -2.30. The van der Waals surface area contributed by atoms with Gasteiger partial charge in [0.25, 0.3) is 0 Å². The molecular weight excluding hydrogens is 853 g/mol. The topological polar surface area (TPSA) is 78.9 Å². The van der Waals surface area contributed by atoms with Crippen LogP contribution < -0.4 is 0 Å². The Hall–Kier alpha value is -3.15. The van der Waals surface area contributed by atoms with Crippen LogP contribution in [-0.2, 0) is 28.6 Å². The summed E-state index contributed by atoms with van der Waals surface area (Å²) in [6.45, 7) is 6.49. The van der Waals surface area contributed by atoms with Gasteiger partial charge >= 0.3 is 17.9 Å². The predicted octanol–water partition coefficient (Wildman–Crippen LogP) is 19.8. The Morgan fingerprint density at radius 3 is 0.884 bits per heavy atom. The molecule has 0 radical (unpaired) electrons. The lowest BCUT2D eigenvalue weighted by atomic mass is 10.0. The number of allylic oxidation sites excluding steroid dienone is 12. The van der Waals surface area contributed by atoms with Gasteiger partial charge in [-0.3, -0.25) is 14.4 Å². The van der Waals surface area contributed by atoms with E-state index >= 15 is 0 Å². The van der Waals surface area contributed by atoms with Gasteiger partial charge in [-0.1, -0.05) is 254 Å². The first-order valence-electron chi connectivity index (χ1n) is 29.4. The molecule has 0 aromatic rings. The Morgan fingerprint density at radius 1 is 0.304 bits per heavy atom. The van der Waals surface area contributed by atoms with Crippen molar-refractivity contribution in [2.45, 2.75) is 297 Å². The Labute approximate surface area is 427 Å². The summed E-state index contributed by atoms with van der Waals surface area (Å²) in [5.41, 5.74) is 0. The molecule has 0 aliphatic heterocycles. The Morgan fingerprint density at radius 2 is 0.565 bits per heavy atom. The molecule has 398 valence electrons. The largest absolute Gasteiger partial charge is 0.462 e. The van der Waals surface area contributed by atoms with Crippen LogP contribution in [0.1, 0.15) is 290 Å². The minimum absolute atomic E-state index is 0.0780. The first-order valence-corrected chi connectivity index (χ1v) is 29.4. The maximum Gasteiger partial charge on any atom is 0.306 e. The van der Waals surface area contributed by atoms with Gasteiger partial charge in [0.15, 0.2) is 6.10 Å². The number of rotatable bonds is 53. The Bertz CT molecular complexity index is 1290. The van der Waals surface area contributed by atoms with Crippen molar-refractivity contribution < 1.29 is 28.6 Å². The third-order valence-electron chi connectivity index (χ3n) is 12.7. The van der Waals surface area contributed by atoms with Crippen LogP contribution in [0, 0.1) is 0 Å². The van der Waals surface area contributed by atoms with Crippen LogP contribution in [0.15, 0.2) is 72.9 Å². The van der Waals surface area contributed by atoms with Gasteiger partial charge in [-0.05, 0) is 89.9 Å². The van der Waals surface area contributed by atoms with Crippen LogP contribution in [0.4, 0.5) is 0 Å². The van der Waals surface area contributed by atoms with E-state index < -0.39 is 6.10 Å². The highest BCUT2D eigenvalue weighted by molar-refractivity contribution is 5.71. The van der Waals surface area contributed by atoms with E-state index in [1.165, 1.54) is 154 Å². The summed E-state index contributed by atoms with van der Waals surface area (Å²) >= 11 is 0. The van der Waals surface area contributed by atoms with Gasteiger partial charge in [-0.15, -0.1) is 0 Å². The highest BCUT2D eigenvalue weighted by Crippen LogP contribution is 2.16. The molecule has 0 amide bonds. The average Bonchev–Trinajstić information content (AvgIpc) is 3.35. The van der Waals surface area contributed by atoms with E-state index in [0.717, 1.165) is 96.3 Å². The molecule has 6 heteroatoms. The summed E-state index contributed by atoms with van der Waals surface area (Å²) in [6, 6.07) is 0. The van der Waals surface area contributed by atoms with Crippen molar-refractivity contribution in [3.05, 3.63) is 72.9 Å². The maximum absolute atomic E-state index is 12.8. The third-order valence-corrected chi connectivity index (χ3v) is 12.7. The summed E-state index contributed by atoms with van der Waals surface area (Å²) in [7, 11) is 0. The van der Waals surface area contributed by atoms with Crippen molar-refractivity contribution in [3.8, 4) is 0 Å². The van der Waals surface area contributed by atoms with Crippen molar-refractivity contribution in [2.75, 3.05) is 13.2 Å². The second-order valence-corrected chi connectivity index (χ2v) is 19.5. The molecule has 1 unspecified atom stereocenters. The van der Waals surface area contributed by atoms with E-state index in [9.17, 15) is 14.4 Å². The summed E-state index contributed by atoms with van der Waals surface area (Å²) in [5, 5.41) is 0. The molecule has 0 saturated heterocycles. The first-order chi connectivity index (χ1) is 34.0. The average molecular weight is 964 g/mol. The zero-order valence-corrected chi connectivity index (χ0v) is 45.6. The van der Waals surface area contributed by atoms with Crippen LogP contribution >= 0.6 is 0 Å². The van der Waals surface area contributed by atoms with Gasteiger partial charge in [-0.25, -0.2) is 0 Å². The number of unbranched alkanes of at least 4 members (excludes halogenated alkanes) is 30. The van der Waals surface area contributed by atoms with Crippen LogP contribution in [0.5, 0.6) is 0 Å². The molecule has 0 spiro atoms. The number of esters is 3. The molecule has 1 atom stereocenters. The summed E-state index contributed by atoms with van der Waals surface area (Å²) in [5.74, 6) is -0.886. The highest BCUT2D eigenvalue weighted by atomic mass is 16.6. The Kier molecular flexibility index (Phi) is 54.8. The van der Waals surface area contributed by atoms with E-state index in [2.05, 4.69) is 93.7 Å². The molecular formula is C63H110O6.